The quantitative estimate of drug-likeness (QED) is 0.567. The van der Waals surface area contributed by atoms with Gasteiger partial charge in [-0.15, -0.1) is 6.58 Å². The number of nitrogens with zero attached hydrogens (tertiary/aromatic N) is 2. The number of oxazole rings is 1. The van der Waals surface area contributed by atoms with Gasteiger partial charge in [0, 0.05) is 25.2 Å². The predicted molar refractivity (Wildman–Crippen MR) is 99.2 cm³/mol. The minimum absolute atomic E-state index is 0.621. The Hall–Kier alpha value is -2.85. The van der Waals surface area contributed by atoms with Crippen molar-refractivity contribution >= 4 is 0 Å². The molecule has 1 heterocycles. The van der Waals surface area contributed by atoms with Crippen molar-refractivity contribution < 1.29 is 9.15 Å². The van der Waals surface area contributed by atoms with Crippen LogP contribution in [-0.2, 0) is 13.1 Å². The Kier molecular flexibility index (Phi) is 5.65. The van der Waals surface area contributed by atoms with Crippen molar-refractivity contribution in [2.45, 2.75) is 13.1 Å². The van der Waals surface area contributed by atoms with Crippen LogP contribution < -0.4 is 4.74 Å². The second kappa shape index (κ2) is 8.31. The Morgan fingerprint density at radius 1 is 1.08 bits per heavy atom. The normalized spacial score (nSPS) is 10.8. The summed E-state index contributed by atoms with van der Waals surface area (Å²) in [7, 11) is 1.65. The average molecular weight is 334 g/mol. The zero-order chi connectivity index (χ0) is 17.5. The fraction of sp³-hybridized carbons (Fsp3) is 0.190. The number of ether oxygens (including phenoxy) is 1. The first-order valence-corrected chi connectivity index (χ1v) is 8.24. The van der Waals surface area contributed by atoms with E-state index in [1.807, 2.05) is 36.4 Å². The van der Waals surface area contributed by atoms with Gasteiger partial charge >= 0.3 is 0 Å². The predicted octanol–water partition coefficient (Wildman–Crippen LogP) is 4.54. The maximum absolute atomic E-state index is 5.65. The molecule has 0 atom stereocenters. The summed E-state index contributed by atoms with van der Waals surface area (Å²) in [4.78, 5) is 6.89. The molecule has 4 heteroatoms. The van der Waals surface area contributed by atoms with E-state index in [-0.39, 0.29) is 0 Å². The SMILES string of the molecule is C=CCN(Cc1ccccc1)Cc1coc(-c2ccc(OC)cc2)n1. The van der Waals surface area contributed by atoms with Crippen LogP contribution >= 0.6 is 0 Å². The molecule has 0 bridgehead atoms. The highest BCUT2D eigenvalue weighted by molar-refractivity contribution is 5.54. The molecule has 0 aliphatic rings. The highest BCUT2D eigenvalue weighted by Gasteiger charge is 2.11. The van der Waals surface area contributed by atoms with Gasteiger partial charge in [-0.1, -0.05) is 36.4 Å². The van der Waals surface area contributed by atoms with E-state index in [4.69, 9.17) is 9.15 Å². The molecule has 3 aromatic rings. The Labute approximate surface area is 148 Å². The number of hydrogen-bond donors (Lipinski definition) is 0. The van der Waals surface area contributed by atoms with Crippen LogP contribution in [0.5, 0.6) is 5.75 Å². The van der Waals surface area contributed by atoms with Gasteiger partial charge in [0.1, 0.15) is 12.0 Å². The molecule has 0 saturated carbocycles. The average Bonchev–Trinajstić information content (AvgIpc) is 3.11. The van der Waals surface area contributed by atoms with Gasteiger partial charge in [0.25, 0.3) is 0 Å². The van der Waals surface area contributed by atoms with Crippen LogP contribution in [0.1, 0.15) is 11.3 Å². The summed E-state index contributed by atoms with van der Waals surface area (Å²) >= 11 is 0. The Morgan fingerprint density at radius 3 is 2.52 bits per heavy atom. The molecule has 0 N–H and O–H groups in total. The first kappa shape index (κ1) is 17.0. The van der Waals surface area contributed by atoms with E-state index in [9.17, 15) is 0 Å². The van der Waals surface area contributed by atoms with E-state index in [1.54, 1.807) is 13.4 Å². The van der Waals surface area contributed by atoms with Crippen LogP contribution in [0.15, 0.2) is 77.9 Å². The van der Waals surface area contributed by atoms with E-state index >= 15 is 0 Å². The summed E-state index contributed by atoms with van der Waals surface area (Å²) in [6.45, 7) is 6.20. The second-order valence-corrected chi connectivity index (χ2v) is 5.82. The van der Waals surface area contributed by atoms with Crippen LogP contribution in [0, 0.1) is 0 Å². The molecule has 0 spiro atoms. The Morgan fingerprint density at radius 2 is 1.84 bits per heavy atom. The second-order valence-electron chi connectivity index (χ2n) is 5.82. The number of aromatic nitrogens is 1. The fourth-order valence-electron chi connectivity index (χ4n) is 2.68. The molecular formula is C21H22N2O2. The van der Waals surface area contributed by atoms with E-state index in [0.717, 1.165) is 30.1 Å². The van der Waals surface area contributed by atoms with Gasteiger partial charge < -0.3 is 9.15 Å². The fourth-order valence-corrected chi connectivity index (χ4v) is 2.68. The van der Waals surface area contributed by atoms with Crippen LogP contribution in [0.2, 0.25) is 0 Å². The van der Waals surface area contributed by atoms with Crippen molar-refractivity contribution in [3.05, 3.63) is 84.8 Å². The molecule has 0 aliphatic heterocycles. The van der Waals surface area contributed by atoms with Crippen molar-refractivity contribution in [1.82, 2.24) is 9.88 Å². The molecule has 4 nitrogen and oxygen atoms in total. The third-order valence-corrected chi connectivity index (χ3v) is 3.91. The van der Waals surface area contributed by atoms with Gasteiger partial charge in [-0.25, -0.2) is 4.98 Å². The molecule has 3 rings (SSSR count). The molecule has 0 saturated heterocycles. The third-order valence-electron chi connectivity index (χ3n) is 3.91. The molecule has 0 aliphatic carbocycles. The Balaban J connectivity index is 1.70. The standard InChI is InChI=1S/C21H22N2O2/c1-3-13-23(14-17-7-5-4-6-8-17)15-19-16-25-21(22-19)18-9-11-20(24-2)12-10-18/h3-12,16H,1,13-15H2,2H3. The molecule has 0 radical (unpaired) electrons. The summed E-state index contributed by atoms with van der Waals surface area (Å²) in [5.74, 6) is 1.44. The smallest absolute Gasteiger partial charge is 0.226 e. The zero-order valence-electron chi connectivity index (χ0n) is 14.4. The van der Waals surface area contributed by atoms with Crippen LogP contribution in [0.4, 0.5) is 0 Å². The largest absolute Gasteiger partial charge is 0.497 e. The number of hydrogen-bond acceptors (Lipinski definition) is 4. The highest BCUT2D eigenvalue weighted by atomic mass is 16.5. The van der Waals surface area contributed by atoms with Crippen molar-refractivity contribution in [1.29, 1.82) is 0 Å². The summed E-state index contributed by atoms with van der Waals surface area (Å²) < 4.78 is 10.8. The third kappa shape index (κ3) is 4.58. The van der Waals surface area contributed by atoms with E-state index in [1.165, 1.54) is 5.56 Å². The van der Waals surface area contributed by atoms with Crippen molar-refractivity contribution in [3.8, 4) is 17.2 Å². The first-order chi connectivity index (χ1) is 12.3. The van der Waals surface area contributed by atoms with Crippen molar-refractivity contribution in [2.75, 3.05) is 13.7 Å². The van der Waals surface area contributed by atoms with E-state index in [2.05, 4.69) is 40.7 Å². The number of benzene rings is 2. The Bertz CT molecular complexity index is 794. The summed E-state index contributed by atoms with van der Waals surface area (Å²) in [5, 5.41) is 0. The highest BCUT2D eigenvalue weighted by Crippen LogP contribution is 2.22. The topological polar surface area (TPSA) is 38.5 Å². The van der Waals surface area contributed by atoms with Gasteiger partial charge in [0.15, 0.2) is 0 Å². The molecule has 0 amide bonds. The lowest BCUT2D eigenvalue weighted by Gasteiger charge is -2.19. The minimum Gasteiger partial charge on any atom is -0.497 e. The van der Waals surface area contributed by atoms with Crippen LogP contribution in [0.3, 0.4) is 0 Å². The first-order valence-electron chi connectivity index (χ1n) is 8.24. The van der Waals surface area contributed by atoms with Crippen molar-refractivity contribution in [2.24, 2.45) is 0 Å². The van der Waals surface area contributed by atoms with Gasteiger partial charge in [0.05, 0.1) is 12.8 Å². The molecular weight excluding hydrogens is 312 g/mol. The van der Waals surface area contributed by atoms with Gasteiger partial charge in [-0.2, -0.15) is 0 Å². The maximum Gasteiger partial charge on any atom is 0.226 e. The van der Waals surface area contributed by atoms with E-state index in [0.29, 0.717) is 12.4 Å². The van der Waals surface area contributed by atoms with E-state index < -0.39 is 0 Å². The van der Waals surface area contributed by atoms with Gasteiger partial charge in [0.2, 0.25) is 5.89 Å². The van der Waals surface area contributed by atoms with Crippen LogP contribution in [-0.4, -0.2) is 23.5 Å². The molecule has 1 aromatic heterocycles. The zero-order valence-corrected chi connectivity index (χ0v) is 14.4. The molecule has 0 unspecified atom stereocenters. The van der Waals surface area contributed by atoms with Gasteiger partial charge in [-0.05, 0) is 29.8 Å². The molecule has 25 heavy (non-hydrogen) atoms. The molecule has 128 valence electrons. The monoisotopic (exact) mass is 334 g/mol. The van der Waals surface area contributed by atoms with Crippen LogP contribution in [0.25, 0.3) is 11.5 Å². The summed E-state index contributed by atoms with van der Waals surface area (Å²) in [6, 6.07) is 18.1. The number of rotatable bonds is 8. The summed E-state index contributed by atoms with van der Waals surface area (Å²) in [5.41, 5.74) is 3.11. The number of methoxy groups -OCH3 is 1. The minimum atomic E-state index is 0.621. The lowest BCUT2D eigenvalue weighted by molar-refractivity contribution is 0.282. The van der Waals surface area contributed by atoms with Crippen molar-refractivity contribution in [3.63, 3.8) is 0 Å². The van der Waals surface area contributed by atoms with Gasteiger partial charge in [-0.3, -0.25) is 4.90 Å². The lowest BCUT2D eigenvalue weighted by Crippen LogP contribution is -2.23. The summed E-state index contributed by atoms with van der Waals surface area (Å²) in [6.07, 6.45) is 3.63. The lowest BCUT2D eigenvalue weighted by atomic mass is 10.2. The maximum atomic E-state index is 5.65. The molecule has 0 fully saturated rings. The molecule has 2 aromatic carbocycles.